The van der Waals surface area contributed by atoms with Crippen molar-refractivity contribution < 1.29 is 4.79 Å². The lowest BCUT2D eigenvalue weighted by atomic mass is 10.1. The smallest absolute Gasteiger partial charge is 0.160 e. The Kier molecular flexibility index (Phi) is 2.25. The Morgan fingerprint density at radius 3 is 2.86 bits per heavy atom. The van der Waals surface area contributed by atoms with Gasteiger partial charge < -0.3 is 0 Å². The van der Waals surface area contributed by atoms with Gasteiger partial charge in [-0.05, 0) is 25.1 Å². The van der Waals surface area contributed by atoms with Crippen molar-refractivity contribution in [3.63, 3.8) is 0 Å². The second kappa shape index (κ2) is 3.42. The number of hydrogen-bond donors (Lipinski definition) is 1. The van der Waals surface area contributed by atoms with E-state index in [9.17, 15) is 4.79 Å². The van der Waals surface area contributed by atoms with Crippen LogP contribution in [0, 0.1) is 0 Å². The third-order valence-electron chi connectivity index (χ3n) is 2.13. The van der Waals surface area contributed by atoms with Crippen LogP contribution >= 0.6 is 12.6 Å². The Labute approximate surface area is 87.4 Å². The van der Waals surface area contributed by atoms with Crippen LogP contribution in [0.4, 0.5) is 0 Å². The first-order valence-electron chi connectivity index (χ1n) is 4.28. The molecule has 2 nitrogen and oxygen atoms in total. The van der Waals surface area contributed by atoms with Gasteiger partial charge in [0.25, 0.3) is 0 Å². The van der Waals surface area contributed by atoms with E-state index in [2.05, 4.69) is 17.6 Å². The predicted octanol–water partition coefficient (Wildman–Crippen LogP) is 2.73. The second-order valence-corrected chi connectivity index (χ2v) is 3.57. The molecule has 1 aromatic heterocycles. The molecule has 0 fully saturated rings. The van der Waals surface area contributed by atoms with Crippen molar-refractivity contribution in [2.24, 2.45) is 0 Å². The monoisotopic (exact) mass is 203 g/mol. The van der Waals surface area contributed by atoms with Gasteiger partial charge in [-0.2, -0.15) is 0 Å². The molecular formula is C11H9NOS. The van der Waals surface area contributed by atoms with Gasteiger partial charge in [-0.1, -0.05) is 6.07 Å². The summed E-state index contributed by atoms with van der Waals surface area (Å²) >= 11 is 4.29. The number of Topliss-reactive ketones (excluding diaryl/α,β-unsaturated/α-hetero) is 1. The first-order valence-corrected chi connectivity index (χ1v) is 4.72. The zero-order valence-electron chi connectivity index (χ0n) is 7.69. The summed E-state index contributed by atoms with van der Waals surface area (Å²) < 4.78 is 0. The third kappa shape index (κ3) is 1.40. The summed E-state index contributed by atoms with van der Waals surface area (Å²) in [4.78, 5) is 16.3. The Bertz CT molecular complexity index is 508. The number of thiol groups is 1. The molecule has 0 N–H and O–H groups in total. The summed E-state index contributed by atoms with van der Waals surface area (Å²) in [6, 6.07) is 7.30. The number of benzene rings is 1. The fourth-order valence-electron chi connectivity index (χ4n) is 1.46. The van der Waals surface area contributed by atoms with Gasteiger partial charge in [-0.25, -0.2) is 0 Å². The summed E-state index contributed by atoms with van der Waals surface area (Å²) in [6.45, 7) is 1.56. The molecule has 0 spiro atoms. The Balaban J connectivity index is 2.88. The van der Waals surface area contributed by atoms with Gasteiger partial charge in [0, 0.05) is 22.0 Å². The van der Waals surface area contributed by atoms with E-state index in [0.29, 0.717) is 5.56 Å². The number of nitrogens with zero attached hydrogens (tertiary/aromatic N) is 1. The zero-order valence-corrected chi connectivity index (χ0v) is 8.58. The number of hydrogen-bond acceptors (Lipinski definition) is 3. The van der Waals surface area contributed by atoms with Crippen molar-refractivity contribution >= 4 is 29.3 Å². The summed E-state index contributed by atoms with van der Waals surface area (Å²) in [7, 11) is 0. The van der Waals surface area contributed by atoms with E-state index in [1.807, 2.05) is 12.1 Å². The molecule has 70 valence electrons. The maximum atomic E-state index is 11.3. The number of ketones is 1. The Morgan fingerprint density at radius 2 is 2.14 bits per heavy atom. The van der Waals surface area contributed by atoms with Crippen molar-refractivity contribution in [1.82, 2.24) is 4.98 Å². The molecule has 0 aliphatic rings. The molecule has 0 radical (unpaired) electrons. The highest BCUT2D eigenvalue weighted by atomic mass is 32.1. The lowest BCUT2D eigenvalue weighted by Gasteiger charge is -2.03. The molecule has 0 atom stereocenters. The van der Waals surface area contributed by atoms with Crippen LogP contribution in [0.25, 0.3) is 10.9 Å². The Morgan fingerprint density at radius 1 is 1.36 bits per heavy atom. The van der Waals surface area contributed by atoms with Gasteiger partial charge in [0.1, 0.15) is 0 Å². The highest BCUT2D eigenvalue weighted by Crippen LogP contribution is 2.23. The highest BCUT2D eigenvalue weighted by Gasteiger charge is 2.07. The molecular weight excluding hydrogens is 194 g/mol. The average molecular weight is 203 g/mol. The van der Waals surface area contributed by atoms with Crippen molar-refractivity contribution in [2.45, 2.75) is 11.8 Å². The fourth-order valence-corrected chi connectivity index (χ4v) is 1.72. The van der Waals surface area contributed by atoms with E-state index in [0.717, 1.165) is 15.8 Å². The van der Waals surface area contributed by atoms with E-state index in [1.165, 1.54) is 0 Å². The number of pyridine rings is 1. The average Bonchev–Trinajstić information content (AvgIpc) is 2.18. The standard InChI is InChI=1S/C11H9NOS/c1-7(13)8-4-5-10(14)11-9(8)3-2-6-12-11/h2-6,14H,1H3. The molecule has 14 heavy (non-hydrogen) atoms. The largest absolute Gasteiger partial charge is 0.294 e. The zero-order chi connectivity index (χ0) is 10.1. The second-order valence-electron chi connectivity index (χ2n) is 3.09. The van der Waals surface area contributed by atoms with Crippen LogP contribution in [0.3, 0.4) is 0 Å². The molecule has 2 aromatic rings. The van der Waals surface area contributed by atoms with E-state index >= 15 is 0 Å². The molecule has 0 aliphatic heterocycles. The molecule has 0 unspecified atom stereocenters. The maximum absolute atomic E-state index is 11.3. The van der Waals surface area contributed by atoms with Crippen molar-refractivity contribution in [2.75, 3.05) is 0 Å². The number of carbonyl (C=O) groups is 1. The normalized spacial score (nSPS) is 10.4. The molecule has 0 saturated heterocycles. The van der Waals surface area contributed by atoms with Crippen LogP contribution in [0.15, 0.2) is 35.4 Å². The summed E-state index contributed by atoms with van der Waals surface area (Å²) in [5.74, 6) is 0.0522. The van der Waals surface area contributed by atoms with Crippen LogP contribution in [-0.2, 0) is 0 Å². The molecule has 0 saturated carbocycles. The van der Waals surface area contributed by atoms with E-state index in [-0.39, 0.29) is 5.78 Å². The summed E-state index contributed by atoms with van der Waals surface area (Å²) in [6.07, 6.45) is 1.70. The van der Waals surface area contributed by atoms with Gasteiger partial charge in [0.2, 0.25) is 0 Å². The summed E-state index contributed by atoms with van der Waals surface area (Å²) in [5.41, 5.74) is 1.48. The lowest BCUT2D eigenvalue weighted by Crippen LogP contribution is -1.94. The molecule has 2 rings (SSSR count). The van der Waals surface area contributed by atoms with Crippen LogP contribution in [0.1, 0.15) is 17.3 Å². The van der Waals surface area contributed by atoms with Gasteiger partial charge in [-0.3, -0.25) is 9.78 Å². The van der Waals surface area contributed by atoms with Crippen molar-refractivity contribution in [3.05, 3.63) is 36.0 Å². The molecule has 0 aliphatic carbocycles. The molecule has 1 aromatic carbocycles. The SMILES string of the molecule is CC(=O)c1ccc(S)c2ncccc12. The van der Waals surface area contributed by atoms with E-state index in [1.54, 1.807) is 25.3 Å². The topological polar surface area (TPSA) is 30.0 Å². The molecule has 0 bridgehead atoms. The van der Waals surface area contributed by atoms with Gasteiger partial charge in [0.15, 0.2) is 5.78 Å². The van der Waals surface area contributed by atoms with Crippen LogP contribution in [0.5, 0.6) is 0 Å². The van der Waals surface area contributed by atoms with Gasteiger partial charge >= 0.3 is 0 Å². The number of rotatable bonds is 1. The molecule has 3 heteroatoms. The quantitative estimate of drug-likeness (QED) is 0.570. The fraction of sp³-hybridized carbons (Fsp3) is 0.0909. The van der Waals surface area contributed by atoms with Crippen LogP contribution in [-0.4, -0.2) is 10.8 Å². The number of fused-ring (bicyclic) bond motifs is 1. The number of aromatic nitrogens is 1. The third-order valence-corrected chi connectivity index (χ3v) is 2.49. The Hall–Kier alpha value is -1.35. The summed E-state index contributed by atoms with van der Waals surface area (Å²) in [5, 5.41) is 0.868. The van der Waals surface area contributed by atoms with Gasteiger partial charge in [0.05, 0.1) is 5.52 Å². The van der Waals surface area contributed by atoms with E-state index < -0.39 is 0 Å². The number of carbonyl (C=O) groups excluding carboxylic acids is 1. The minimum atomic E-state index is 0.0522. The van der Waals surface area contributed by atoms with Crippen LogP contribution in [0.2, 0.25) is 0 Å². The minimum Gasteiger partial charge on any atom is -0.294 e. The van der Waals surface area contributed by atoms with Crippen molar-refractivity contribution in [1.29, 1.82) is 0 Å². The first kappa shape index (κ1) is 9.21. The lowest BCUT2D eigenvalue weighted by molar-refractivity contribution is 0.101. The van der Waals surface area contributed by atoms with Gasteiger partial charge in [-0.15, -0.1) is 12.6 Å². The first-order chi connectivity index (χ1) is 6.70. The maximum Gasteiger partial charge on any atom is 0.160 e. The minimum absolute atomic E-state index is 0.0522. The molecule has 1 heterocycles. The predicted molar refractivity (Wildman–Crippen MR) is 59.0 cm³/mol. The van der Waals surface area contributed by atoms with Crippen LogP contribution < -0.4 is 0 Å². The van der Waals surface area contributed by atoms with E-state index in [4.69, 9.17) is 0 Å². The van der Waals surface area contributed by atoms with Crippen molar-refractivity contribution in [3.8, 4) is 0 Å². The molecule has 0 amide bonds. The highest BCUT2D eigenvalue weighted by molar-refractivity contribution is 7.80.